The third-order valence-corrected chi connectivity index (χ3v) is 7.55. The molecule has 11 heteroatoms. The number of ketones is 1. The van der Waals surface area contributed by atoms with Crippen molar-refractivity contribution in [3.8, 4) is 0 Å². The number of unbranched alkanes of at least 4 members (excludes halogenated alkanes) is 1. The number of ether oxygens (including phenoxy) is 1. The number of furan rings is 1. The van der Waals surface area contributed by atoms with Crippen molar-refractivity contribution in [2.45, 2.75) is 25.8 Å². The van der Waals surface area contributed by atoms with Crippen LogP contribution in [0.15, 0.2) is 64.3 Å². The lowest BCUT2D eigenvalue weighted by atomic mass is 9.93. The Bertz CT molecular complexity index is 2030. The number of H-pyrrole nitrogens is 1. The van der Waals surface area contributed by atoms with Crippen LogP contribution in [-0.2, 0) is 16.1 Å². The molecule has 1 aliphatic carbocycles. The number of aromatic amines is 1. The Hall–Kier alpha value is -4.90. The molecule has 9 nitrogen and oxygen atoms in total. The summed E-state index contributed by atoms with van der Waals surface area (Å²) in [5.41, 5.74) is 0.518. The Kier molecular flexibility index (Phi) is 7.49. The summed E-state index contributed by atoms with van der Waals surface area (Å²) in [6.45, 7) is 0.638. The van der Waals surface area contributed by atoms with Gasteiger partial charge < -0.3 is 23.6 Å². The molecule has 0 fully saturated rings. The number of fused-ring (bicyclic) bond motifs is 4. The average molecular weight is 587 g/mol. The first kappa shape index (κ1) is 28.2. The van der Waals surface area contributed by atoms with Gasteiger partial charge in [-0.2, -0.15) is 0 Å². The van der Waals surface area contributed by atoms with Crippen LogP contribution in [0.4, 0.5) is 8.78 Å². The van der Waals surface area contributed by atoms with Gasteiger partial charge in [-0.1, -0.05) is 18.2 Å². The number of halogens is 2. The van der Waals surface area contributed by atoms with Crippen LogP contribution in [0.2, 0.25) is 0 Å². The molecule has 0 atom stereocenters. The molecule has 0 saturated carbocycles. The maximum absolute atomic E-state index is 15.5. The predicted molar refractivity (Wildman–Crippen MR) is 158 cm³/mol. The molecule has 43 heavy (non-hydrogen) atoms. The standard InChI is InChI=1S/C32H28F2N4O5/c1-37(2)10-5-6-11-43-32(41)29-27(20-7-3-4-8-26(20)39)28-25(15-23(34)19-9-12-42-30(19)28)38(29)16-18-13-21-24(14-22(18)33)35-17-36-31(21)40/h3-4,7,9,12-15,17H,5-6,8,10-11,16H2,1-2H3,(H,35,36,40). The van der Waals surface area contributed by atoms with Crippen LogP contribution >= 0.6 is 0 Å². The number of hydrogen-bond donors (Lipinski definition) is 1. The molecule has 0 amide bonds. The molecular formula is C32H28F2N4O5. The van der Waals surface area contributed by atoms with E-state index in [-0.39, 0.29) is 75.1 Å². The number of carbonyl (C=O) groups excluding carboxylic acids is 2. The summed E-state index contributed by atoms with van der Waals surface area (Å²) in [6, 6.07) is 5.20. The van der Waals surface area contributed by atoms with E-state index in [4.69, 9.17) is 9.15 Å². The van der Waals surface area contributed by atoms with Crippen molar-refractivity contribution in [2.24, 2.45) is 0 Å². The quantitative estimate of drug-likeness (QED) is 0.183. The summed E-state index contributed by atoms with van der Waals surface area (Å²) in [5, 5.41) is 0.649. The van der Waals surface area contributed by atoms with Crippen molar-refractivity contribution >= 4 is 50.1 Å². The van der Waals surface area contributed by atoms with Gasteiger partial charge in [0, 0.05) is 29.2 Å². The number of nitrogens with zero attached hydrogens (tertiary/aromatic N) is 3. The first-order valence-electron chi connectivity index (χ1n) is 13.8. The molecule has 5 aromatic rings. The SMILES string of the molecule is CN(C)CCCCOC(=O)c1c(C2=CC=CCC2=O)c2c3occc3c(F)cc2n1Cc1cc2c(=O)[nH]cnc2cc1F. The Morgan fingerprint density at radius 2 is 1.98 bits per heavy atom. The van der Waals surface area contributed by atoms with Gasteiger partial charge in [-0.3, -0.25) is 9.59 Å². The maximum atomic E-state index is 15.5. The van der Waals surface area contributed by atoms with Gasteiger partial charge in [0.05, 0.1) is 52.9 Å². The second kappa shape index (κ2) is 11.4. The lowest BCUT2D eigenvalue weighted by molar-refractivity contribution is -0.113. The molecular weight excluding hydrogens is 558 g/mol. The normalized spacial score (nSPS) is 13.5. The van der Waals surface area contributed by atoms with Crippen molar-refractivity contribution in [1.29, 1.82) is 0 Å². The Morgan fingerprint density at radius 1 is 1.14 bits per heavy atom. The van der Waals surface area contributed by atoms with Gasteiger partial charge in [0.15, 0.2) is 5.78 Å². The highest BCUT2D eigenvalue weighted by molar-refractivity contribution is 6.29. The molecule has 0 radical (unpaired) electrons. The third-order valence-electron chi connectivity index (χ3n) is 7.55. The minimum atomic E-state index is -0.750. The highest BCUT2D eigenvalue weighted by atomic mass is 19.1. The minimum Gasteiger partial charge on any atom is -0.463 e. The fourth-order valence-corrected chi connectivity index (χ4v) is 5.50. The van der Waals surface area contributed by atoms with Crippen LogP contribution in [-0.4, -0.2) is 58.4 Å². The monoisotopic (exact) mass is 586 g/mol. The van der Waals surface area contributed by atoms with Crippen LogP contribution in [0, 0.1) is 11.6 Å². The number of aromatic nitrogens is 3. The predicted octanol–water partition coefficient (Wildman–Crippen LogP) is 5.36. The molecule has 3 heterocycles. The van der Waals surface area contributed by atoms with Gasteiger partial charge in [-0.15, -0.1) is 0 Å². The average Bonchev–Trinajstić information content (AvgIpc) is 3.58. The third kappa shape index (κ3) is 5.16. The summed E-state index contributed by atoms with van der Waals surface area (Å²) in [6.07, 6.45) is 9.00. The molecule has 0 aliphatic heterocycles. The molecule has 0 bridgehead atoms. The lowest BCUT2D eigenvalue weighted by Gasteiger charge is -2.15. The first-order chi connectivity index (χ1) is 20.7. The van der Waals surface area contributed by atoms with Gasteiger partial charge in [0.2, 0.25) is 0 Å². The fourth-order valence-electron chi connectivity index (χ4n) is 5.50. The molecule has 6 rings (SSSR count). The van der Waals surface area contributed by atoms with Gasteiger partial charge >= 0.3 is 5.97 Å². The lowest BCUT2D eigenvalue weighted by Crippen LogP contribution is -2.18. The summed E-state index contributed by atoms with van der Waals surface area (Å²) in [5.74, 6) is -2.29. The highest BCUT2D eigenvalue weighted by Gasteiger charge is 2.32. The molecule has 220 valence electrons. The van der Waals surface area contributed by atoms with Crippen molar-refractivity contribution in [3.05, 3.63) is 93.9 Å². The molecule has 0 unspecified atom stereocenters. The van der Waals surface area contributed by atoms with Gasteiger partial charge in [-0.25, -0.2) is 18.6 Å². The molecule has 0 spiro atoms. The number of benzene rings is 2. The Labute approximate surface area is 244 Å². The largest absolute Gasteiger partial charge is 0.463 e. The van der Waals surface area contributed by atoms with Crippen molar-refractivity contribution in [1.82, 2.24) is 19.4 Å². The van der Waals surface area contributed by atoms with E-state index in [1.165, 1.54) is 35.4 Å². The van der Waals surface area contributed by atoms with Gasteiger partial charge in [0.25, 0.3) is 5.56 Å². The number of allylic oxidation sites excluding steroid dienone is 4. The minimum absolute atomic E-state index is 0.0413. The number of nitrogens with one attached hydrogen (secondary N) is 1. The van der Waals surface area contributed by atoms with E-state index in [9.17, 15) is 14.4 Å². The Balaban J connectivity index is 1.58. The molecule has 0 saturated heterocycles. The molecule has 1 aliphatic rings. The van der Waals surface area contributed by atoms with E-state index in [1.807, 2.05) is 19.0 Å². The van der Waals surface area contributed by atoms with Crippen LogP contribution in [0.25, 0.3) is 38.3 Å². The van der Waals surface area contributed by atoms with Crippen molar-refractivity contribution in [3.63, 3.8) is 0 Å². The summed E-state index contributed by atoms with van der Waals surface area (Å²) in [4.78, 5) is 48.2. The second-order valence-electron chi connectivity index (χ2n) is 10.7. The number of rotatable bonds is 9. The topological polar surface area (TPSA) is 110 Å². The van der Waals surface area contributed by atoms with Crippen LogP contribution < -0.4 is 5.56 Å². The zero-order valence-electron chi connectivity index (χ0n) is 23.6. The fraction of sp³-hybridized carbons (Fsp3) is 0.250. The number of Topliss-reactive ketones (excluding diaryl/α,β-unsaturated/α-hetero) is 1. The van der Waals surface area contributed by atoms with E-state index < -0.39 is 23.2 Å². The number of hydrogen-bond acceptors (Lipinski definition) is 7. The van der Waals surface area contributed by atoms with E-state index in [0.717, 1.165) is 19.0 Å². The zero-order chi connectivity index (χ0) is 30.2. The Morgan fingerprint density at radius 3 is 2.77 bits per heavy atom. The highest BCUT2D eigenvalue weighted by Crippen LogP contribution is 2.40. The second-order valence-corrected chi connectivity index (χ2v) is 10.7. The van der Waals surface area contributed by atoms with Crippen LogP contribution in [0.1, 0.15) is 40.9 Å². The molecule has 1 N–H and O–H groups in total. The zero-order valence-corrected chi connectivity index (χ0v) is 23.6. The maximum Gasteiger partial charge on any atom is 0.355 e. The van der Waals surface area contributed by atoms with E-state index in [1.54, 1.807) is 18.2 Å². The summed E-state index contributed by atoms with van der Waals surface area (Å²) < 4.78 is 43.7. The first-order valence-corrected chi connectivity index (χ1v) is 13.8. The number of carbonyl (C=O) groups is 2. The van der Waals surface area contributed by atoms with Crippen molar-refractivity contribution < 1.29 is 27.5 Å². The smallest absolute Gasteiger partial charge is 0.355 e. The molecule has 3 aromatic heterocycles. The van der Waals surface area contributed by atoms with E-state index in [0.29, 0.717) is 11.8 Å². The van der Waals surface area contributed by atoms with Crippen molar-refractivity contribution in [2.75, 3.05) is 27.2 Å². The van der Waals surface area contributed by atoms with E-state index >= 15 is 8.78 Å². The molecule has 2 aromatic carbocycles. The summed E-state index contributed by atoms with van der Waals surface area (Å²) in [7, 11) is 3.90. The van der Waals surface area contributed by atoms with Crippen LogP contribution in [0.5, 0.6) is 0 Å². The van der Waals surface area contributed by atoms with Gasteiger partial charge in [0.1, 0.15) is 22.9 Å². The van der Waals surface area contributed by atoms with E-state index in [2.05, 4.69) is 9.97 Å². The van der Waals surface area contributed by atoms with Crippen LogP contribution in [0.3, 0.4) is 0 Å². The van der Waals surface area contributed by atoms with Gasteiger partial charge in [-0.05, 0) is 51.7 Å². The number of esters is 1. The summed E-state index contributed by atoms with van der Waals surface area (Å²) >= 11 is 0.